The molecule has 0 radical (unpaired) electrons. The summed E-state index contributed by atoms with van der Waals surface area (Å²) in [7, 11) is 0. The summed E-state index contributed by atoms with van der Waals surface area (Å²) in [5.41, 5.74) is 9.01. The van der Waals surface area contributed by atoms with Crippen molar-refractivity contribution in [2.45, 2.75) is 13.8 Å². The predicted octanol–water partition coefficient (Wildman–Crippen LogP) is 3.53. The van der Waals surface area contributed by atoms with E-state index in [0.29, 0.717) is 10.8 Å². The number of nitrogens with one attached hydrogen (secondary N) is 3. The molecule has 0 atom stereocenters. The second-order valence-corrected chi connectivity index (χ2v) is 5.19. The van der Waals surface area contributed by atoms with Crippen molar-refractivity contribution in [2.24, 2.45) is 0 Å². The highest BCUT2D eigenvalue weighted by Crippen LogP contribution is 2.22. The summed E-state index contributed by atoms with van der Waals surface area (Å²) in [6, 6.07) is 12.2. The van der Waals surface area contributed by atoms with E-state index in [9.17, 15) is 10.1 Å². The molecule has 7 heteroatoms. The van der Waals surface area contributed by atoms with Crippen molar-refractivity contribution in [3.05, 3.63) is 63.7 Å². The number of aryl methyl sites for hydroxylation is 2. The van der Waals surface area contributed by atoms with E-state index in [-0.39, 0.29) is 5.69 Å². The van der Waals surface area contributed by atoms with Gasteiger partial charge in [-0.05, 0) is 55.4 Å². The third-order valence-electron chi connectivity index (χ3n) is 3.18. The van der Waals surface area contributed by atoms with E-state index in [2.05, 4.69) is 16.2 Å². The number of hydrogen-bond donors (Lipinski definition) is 3. The smallest absolute Gasteiger partial charge is 0.294 e. The van der Waals surface area contributed by atoms with E-state index in [4.69, 9.17) is 12.2 Å². The Labute approximate surface area is 133 Å². The molecule has 0 saturated heterocycles. The number of anilines is 2. The van der Waals surface area contributed by atoms with Crippen molar-refractivity contribution in [1.29, 1.82) is 0 Å². The standard InChI is InChI=1S/C15H16N4O2S/c1-10-7-8-12(9-11(10)2)16-15(22)18-17-13-5-3-4-6-14(13)19(20)21/h3-9,17H,1-2H3,(H2,16,18,22). The van der Waals surface area contributed by atoms with Crippen LogP contribution in [-0.4, -0.2) is 10.0 Å². The van der Waals surface area contributed by atoms with Crippen molar-refractivity contribution in [3.8, 4) is 0 Å². The van der Waals surface area contributed by atoms with E-state index in [1.807, 2.05) is 32.0 Å². The van der Waals surface area contributed by atoms with Gasteiger partial charge in [-0.15, -0.1) is 0 Å². The number of nitrogens with zero attached hydrogens (tertiary/aromatic N) is 1. The van der Waals surface area contributed by atoms with Gasteiger partial charge >= 0.3 is 0 Å². The van der Waals surface area contributed by atoms with Crippen LogP contribution >= 0.6 is 12.2 Å². The van der Waals surface area contributed by atoms with Crippen molar-refractivity contribution in [1.82, 2.24) is 5.43 Å². The lowest BCUT2D eigenvalue weighted by molar-refractivity contribution is -0.384. The van der Waals surface area contributed by atoms with Crippen LogP contribution in [0.4, 0.5) is 17.1 Å². The Balaban J connectivity index is 1.98. The normalized spacial score (nSPS) is 9.91. The first-order valence-electron chi connectivity index (χ1n) is 6.61. The minimum Gasteiger partial charge on any atom is -0.331 e. The van der Waals surface area contributed by atoms with Crippen LogP contribution in [0.25, 0.3) is 0 Å². The summed E-state index contributed by atoms with van der Waals surface area (Å²) >= 11 is 5.17. The molecule has 0 aliphatic carbocycles. The van der Waals surface area contributed by atoms with Crippen molar-refractivity contribution in [2.75, 3.05) is 10.7 Å². The number of hydrazine groups is 1. The van der Waals surface area contributed by atoms with Gasteiger partial charge in [-0.1, -0.05) is 18.2 Å². The van der Waals surface area contributed by atoms with Crippen LogP contribution in [0.5, 0.6) is 0 Å². The molecule has 6 nitrogen and oxygen atoms in total. The second kappa shape index (κ2) is 6.86. The maximum Gasteiger partial charge on any atom is 0.294 e. The Morgan fingerprint density at radius 1 is 1.14 bits per heavy atom. The summed E-state index contributed by atoms with van der Waals surface area (Å²) in [6.45, 7) is 4.05. The zero-order valence-corrected chi connectivity index (χ0v) is 13.0. The van der Waals surface area contributed by atoms with Crippen LogP contribution in [0.15, 0.2) is 42.5 Å². The maximum absolute atomic E-state index is 10.9. The molecule has 2 aromatic carbocycles. The molecule has 0 unspecified atom stereocenters. The summed E-state index contributed by atoms with van der Waals surface area (Å²) in [4.78, 5) is 10.5. The summed E-state index contributed by atoms with van der Waals surface area (Å²) < 4.78 is 0. The van der Waals surface area contributed by atoms with E-state index < -0.39 is 4.92 Å². The number of thiocarbonyl (C=S) groups is 1. The molecule has 2 rings (SSSR count). The Morgan fingerprint density at radius 3 is 2.55 bits per heavy atom. The van der Waals surface area contributed by atoms with Crippen molar-refractivity contribution < 1.29 is 4.92 Å². The van der Waals surface area contributed by atoms with Crippen LogP contribution in [0.1, 0.15) is 11.1 Å². The topological polar surface area (TPSA) is 79.2 Å². The van der Waals surface area contributed by atoms with Gasteiger partial charge in [0.25, 0.3) is 5.69 Å². The molecular formula is C15H16N4O2S. The molecule has 0 amide bonds. The molecule has 0 aliphatic rings. The van der Waals surface area contributed by atoms with Gasteiger partial charge in [-0.3, -0.25) is 21.0 Å². The number of hydrogen-bond acceptors (Lipinski definition) is 4. The van der Waals surface area contributed by atoms with Crippen LogP contribution in [0, 0.1) is 24.0 Å². The molecule has 0 fully saturated rings. The van der Waals surface area contributed by atoms with Gasteiger partial charge in [0, 0.05) is 11.8 Å². The molecule has 22 heavy (non-hydrogen) atoms. The monoisotopic (exact) mass is 316 g/mol. The van der Waals surface area contributed by atoms with Crippen molar-refractivity contribution in [3.63, 3.8) is 0 Å². The highest BCUT2D eigenvalue weighted by molar-refractivity contribution is 7.80. The highest BCUT2D eigenvalue weighted by atomic mass is 32.1. The molecule has 0 saturated carbocycles. The minimum atomic E-state index is -0.455. The fourth-order valence-corrected chi connectivity index (χ4v) is 2.01. The predicted molar refractivity (Wildman–Crippen MR) is 92.0 cm³/mol. The fraction of sp³-hybridized carbons (Fsp3) is 0.133. The van der Waals surface area contributed by atoms with E-state index >= 15 is 0 Å². The van der Waals surface area contributed by atoms with Gasteiger partial charge in [0.1, 0.15) is 5.69 Å². The van der Waals surface area contributed by atoms with E-state index in [1.165, 1.54) is 11.6 Å². The molecule has 0 spiro atoms. The third kappa shape index (κ3) is 3.92. The van der Waals surface area contributed by atoms with Gasteiger partial charge in [0.05, 0.1) is 4.92 Å². The first kappa shape index (κ1) is 15.7. The number of para-hydroxylation sites is 2. The lowest BCUT2D eigenvalue weighted by atomic mass is 10.1. The zero-order chi connectivity index (χ0) is 16.1. The van der Waals surface area contributed by atoms with E-state index in [0.717, 1.165) is 11.3 Å². The largest absolute Gasteiger partial charge is 0.331 e. The molecule has 2 aromatic rings. The molecule has 0 aromatic heterocycles. The molecule has 0 bridgehead atoms. The fourth-order valence-electron chi connectivity index (χ4n) is 1.84. The molecular weight excluding hydrogens is 300 g/mol. The maximum atomic E-state index is 10.9. The Hall–Kier alpha value is -2.67. The van der Waals surface area contributed by atoms with Crippen molar-refractivity contribution >= 4 is 34.4 Å². The number of nitro benzene ring substituents is 1. The molecule has 3 N–H and O–H groups in total. The van der Waals surface area contributed by atoms with Crippen LogP contribution < -0.4 is 16.2 Å². The van der Waals surface area contributed by atoms with Gasteiger partial charge in [-0.2, -0.15) is 0 Å². The SMILES string of the molecule is Cc1ccc(NC(=S)NNc2ccccc2[N+](=O)[O-])cc1C. The third-order valence-corrected chi connectivity index (χ3v) is 3.38. The molecule has 0 aliphatic heterocycles. The number of nitro groups is 1. The first-order chi connectivity index (χ1) is 10.5. The average molecular weight is 316 g/mol. The highest BCUT2D eigenvalue weighted by Gasteiger charge is 2.11. The summed E-state index contributed by atoms with van der Waals surface area (Å²) in [5.74, 6) is 0. The zero-order valence-electron chi connectivity index (χ0n) is 12.2. The second-order valence-electron chi connectivity index (χ2n) is 4.78. The summed E-state index contributed by atoms with van der Waals surface area (Å²) in [6.07, 6.45) is 0. The van der Waals surface area contributed by atoms with Gasteiger partial charge in [-0.25, -0.2) is 0 Å². The quantitative estimate of drug-likeness (QED) is 0.455. The Morgan fingerprint density at radius 2 is 1.86 bits per heavy atom. The Kier molecular flexibility index (Phi) is 4.90. The molecule has 0 heterocycles. The van der Waals surface area contributed by atoms with Crippen LogP contribution in [0.3, 0.4) is 0 Å². The minimum absolute atomic E-state index is 0.0241. The lowest BCUT2D eigenvalue weighted by Crippen LogP contribution is -2.33. The van der Waals surface area contributed by atoms with Gasteiger partial charge in [0.2, 0.25) is 0 Å². The molecule has 114 valence electrons. The van der Waals surface area contributed by atoms with Gasteiger partial charge < -0.3 is 5.32 Å². The van der Waals surface area contributed by atoms with Crippen LogP contribution in [-0.2, 0) is 0 Å². The van der Waals surface area contributed by atoms with Crippen LogP contribution in [0.2, 0.25) is 0 Å². The number of benzene rings is 2. The van der Waals surface area contributed by atoms with E-state index in [1.54, 1.807) is 18.2 Å². The summed E-state index contributed by atoms with van der Waals surface area (Å²) in [5, 5.41) is 14.3. The Bertz CT molecular complexity index is 718. The average Bonchev–Trinajstić information content (AvgIpc) is 2.49. The first-order valence-corrected chi connectivity index (χ1v) is 7.02. The van der Waals surface area contributed by atoms with Gasteiger partial charge in [0.15, 0.2) is 5.11 Å². The number of rotatable bonds is 4. The lowest BCUT2D eigenvalue weighted by Gasteiger charge is -2.13.